The second-order valence-electron chi connectivity index (χ2n) is 5.97. The number of hydrogen-bond donors (Lipinski definition) is 2. The topological polar surface area (TPSA) is 110 Å². The van der Waals surface area contributed by atoms with Crippen LogP contribution in [0.1, 0.15) is 34.6 Å². The van der Waals surface area contributed by atoms with Gasteiger partial charge in [0.05, 0.1) is 17.9 Å². The van der Waals surface area contributed by atoms with Gasteiger partial charge in [-0.05, 0) is 38.0 Å². The number of esters is 1. The van der Waals surface area contributed by atoms with Crippen LogP contribution in [0, 0.1) is 6.92 Å². The highest BCUT2D eigenvalue weighted by Crippen LogP contribution is 2.34. The predicted octanol–water partition coefficient (Wildman–Crippen LogP) is 3.71. The molecule has 0 atom stereocenters. The van der Waals surface area contributed by atoms with Crippen LogP contribution in [0.4, 0.5) is 5.00 Å². The molecule has 0 aliphatic heterocycles. The van der Waals surface area contributed by atoms with E-state index in [2.05, 4.69) is 25.5 Å². The summed E-state index contributed by atoms with van der Waals surface area (Å²) in [6, 6.07) is 3.64. The van der Waals surface area contributed by atoms with Gasteiger partial charge < -0.3 is 10.1 Å². The van der Waals surface area contributed by atoms with E-state index >= 15 is 0 Å². The van der Waals surface area contributed by atoms with Gasteiger partial charge in [0.2, 0.25) is 11.1 Å². The Morgan fingerprint density at radius 2 is 2.03 bits per heavy atom. The van der Waals surface area contributed by atoms with E-state index in [1.807, 2.05) is 26.0 Å². The summed E-state index contributed by atoms with van der Waals surface area (Å²) in [7, 11) is 0. The monoisotopic (exact) mass is 431 g/mol. The summed E-state index contributed by atoms with van der Waals surface area (Å²) in [5, 5.41) is 10.8. The number of pyridine rings is 1. The molecule has 0 unspecified atom stereocenters. The van der Waals surface area contributed by atoms with Crippen LogP contribution in [0.2, 0.25) is 0 Å². The number of rotatable bonds is 8. The highest BCUT2D eigenvalue weighted by atomic mass is 32.2. The molecule has 0 radical (unpaired) electrons. The van der Waals surface area contributed by atoms with Crippen molar-refractivity contribution in [3.05, 3.63) is 40.5 Å². The smallest absolute Gasteiger partial charge is 0.341 e. The fourth-order valence-corrected chi connectivity index (χ4v) is 4.43. The van der Waals surface area contributed by atoms with E-state index < -0.39 is 5.97 Å². The van der Waals surface area contributed by atoms with Crippen molar-refractivity contribution in [3.63, 3.8) is 0 Å². The largest absolute Gasteiger partial charge is 0.462 e. The Labute approximate surface area is 176 Å². The van der Waals surface area contributed by atoms with Crippen LogP contribution < -0.4 is 5.32 Å². The molecular weight excluding hydrogens is 410 g/mol. The fraction of sp³-hybridized carbons (Fsp3) is 0.316. The summed E-state index contributed by atoms with van der Waals surface area (Å²) in [5.41, 5.74) is 2.16. The maximum absolute atomic E-state index is 12.5. The van der Waals surface area contributed by atoms with Crippen molar-refractivity contribution < 1.29 is 14.3 Å². The molecule has 0 aliphatic rings. The van der Waals surface area contributed by atoms with Crippen molar-refractivity contribution >= 4 is 40.0 Å². The third-order valence-corrected chi connectivity index (χ3v) is 6.25. The number of hydrogen-bond acceptors (Lipinski definition) is 8. The Morgan fingerprint density at radius 3 is 2.72 bits per heavy atom. The normalized spacial score (nSPS) is 10.7. The zero-order valence-corrected chi connectivity index (χ0v) is 17.9. The number of H-pyrrole nitrogens is 1. The highest BCUT2D eigenvalue weighted by Gasteiger charge is 2.23. The van der Waals surface area contributed by atoms with Crippen molar-refractivity contribution in [3.8, 4) is 11.4 Å². The van der Waals surface area contributed by atoms with Crippen LogP contribution in [0.15, 0.2) is 29.7 Å². The third kappa shape index (κ3) is 5.01. The molecule has 2 N–H and O–H groups in total. The minimum Gasteiger partial charge on any atom is -0.462 e. The summed E-state index contributed by atoms with van der Waals surface area (Å²) < 4.78 is 5.15. The molecule has 8 nitrogen and oxygen atoms in total. The zero-order valence-electron chi connectivity index (χ0n) is 16.3. The first-order valence-corrected chi connectivity index (χ1v) is 10.9. The Hall–Kier alpha value is -2.72. The lowest BCUT2D eigenvalue weighted by molar-refractivity contribution is -0.113. The Kier molecular flexibility index (Phi) is 6.99. The standard InChI is InChI=1S/C19H21N5O3S2/c1-4-13-11(3)15(18(26)27-5-2)17(29-13)21-14(25)10-28-19-22-16(23-24-19)12-6-8-20-9-7-12/h6-9H,4-5,10H2,1-3H3,(H,21,25)(H,22,23,24). The average Bonchev–Trinajstić information content (AvgIpc) is 3.31. The number of nitrogens with one attached hydrogen (secondary N) is 2. The van der Waals surface area contributed by atoms with Crippen molar-refractivity contribution in [2.75, 3.05) is 17.7 Å². The first-order valence-electron chi connectivity index (χ1n) is 9.08. The lowest BCUT2D eigenvalue weighted by Gasteiger charge is -2.06. The molecule has 3 aromatic heterocycles. The summed E-state index contributed by atoms with van der Waals surface area (Å²) in [5.74, 6) is 0.0786. The maximum Gasteiger partial charge on any atom is 0.341 e. The second kappa shape index (κ2) is 9.66. The number of nitrogens with zero attached hydrogens (tertiary/aromatic N) is 3. The molecule has 0 bridgehead atoms. The summed E-state index contributed by atoms with van der Waals surface area (Å²) >= 11 is 2.62. The van der Waals surface area contributed by atoms with Crippen LogP contribution in [0.5, 0.6) is 0 Å². The van der Waals surface area contributed by atoms with Crippen LogP contribution in [0.3, 0.4) is 0 Å². The van der Waals surface area contributed by atoms with E-state index in [0.717, 1.165) is 22.4 Å². The molecule has 0 saturated heterocycles. The lowest BCUT2D eigenvalue weighted by atomic mass is 10.1. The fourth-order valence-electron chi connectivity index (χ4n) is 2.68. The van der Waals surface area contributed by atoms with Gasteiger partial charge in [-0.25, -0.2) is 9.78 Å². The van der Waals surface area contributed by atoms with E-state index in [4.69, 9.17) is 4.74 Å². The number of amides is 1. The molecule has 3 aromatic rings. The Morgan fingerprint density at radius 1 is 1.28 bits per heavy atom. The number of aryl methyl sites for hydroxylation is 1. The molecule has 0 spiro atoms. The summed E-state index contributed by atoms with van der Waals surface area (Å²) in [6.45, 7) is 5.93. The summed E-state index contributed by atoms with van der Waals surface area (Å²) in [4.78, 5) is 34.2. The predicted molar refractivity (Wildman–Crippen MR) is 113 cm³/mol. The first-order chi connectivity index (χ1) is 14.0. The molecule has 152 valence electrons. The van der Waals surface area contributed by atoms with Crippen LogP contribution in [-0.4, -0.2) is 44.4 Å². The molecule has 0 saturated carbocycles. The molecular formula is C19H21N5O3S2. The van der Waals surface area contributed by atoms with E-state index in [1.54, 1.807) is 19.3 Å². The van der Waals surface area contributed by atoms with E-state index in [0.29, 0.717) is 21.5 Å². The van der Waals surface area contributed by atoms with Crippen molar-refractivity contribution in [1.82, 2.24) is 20.2 Å². The van der Waals surface area contributed by atoms with Gasteiger partial charge in [0.1, 0.15) is 5.00 Å². The average molecular weight is 432 g/mol. The number of ether oxygens (including phenoxy) is 1. The Balaban J connectivity index is 1.66. The molecule has 3 rings (SSSR count). The number of anilines is 1. The van der Waals surface area contributed by atoms with Crippen molar-refractivity contribution in [2.24, 2.45) is 0 Å². The van der Waals surface area contributed by atoms with E-state index in [1.165, 1.54) is 23.1 Å². The van der Waals surface area contributed by atoms with Gasteiger partial charge in [-0.2, -0.15) is 0 Å². The minimum absolute atomic E-state index is 0.119. The quantitative estimate of drug-likeness (QED) is 0.413. The molecule has 1 amide bonds. The van der Waals surface area contributed by atoms with Gasteiger partial charge in [-0.3, -0.25) is 14.9 Å². The molecule has 0 fully saturated rings. The third-order valence-electron chi connectivity index (χ3n) is 4.05. The van der Waals surface area contributed by atoms with Gasteiger partial charge in [-0.1, -0.05) is 18.7 Å². The molecule has 0 aromatic carbocycles. The number of aromatic amines is 1. The number of carbonyl (C=O) groups is 2. The van der Waals surface area contributed by atoms with Crippen LogP contribution >= 0.6 is 23.1 Å². The maximum atomic E-state index is 12.5. The number of carbonyl (C=O) groups excluding carboxylic acids is 2. The highest BCUT2D eigenvalue weighted by molar-refractivity contribution is 7.99. The van der Waals surface area contributed by atoms with E-state index in [-0.39, 0.29) is 18.3 Å². The van der Waals surface area contributed by atoms with Gasteiger partial charge >= 0.3 is 5.97 Å². The molecule has 10 heteroatoms. The van der Waals surface area contributed by atoms with Gasteiger partial charge in [0.15, 0.2) is 5.82 Å². The number of thioether (sulfide) groups is 1. The SMILES string of the molecule is CCOC(=O)c1c(NC(=O)CSc2n[nH]c(-c3ccncc3)n2)sc(CC)c1C. The van der Waals surface area contributed by atoms with Gasteiger partial charge in [-0.15, -0.1) is 16.4 Å². The lowest BCUT2D eigenvalue weighted by Crippen LogP contribution is -2.16. The van der Waals surface area contributed by atoms with Crippen LogP contribution in [0.25, 0.3) is 11.4 Å². The number of aromatic nitrogens is 4. The van der Waals surface area contributed by atoms with Crippen molar-refractivity contribution in [2.45, 2.75) is 32.3 Å². The van der Waals surface area contributed by atoms with Gasteiger partial charge in [0.25, 0.3) is 0 Å². The van der Waals surface area contributed by atoms with E-state index in [9.17, 15) is 9.59 Å². The second-order valence-corrected chi connectivity index (χ2v) is 8.02. The molecule has 29 heavy (non-hydrogen) atoms. The van der Waals surface area contributed by atoms with Gasteiger partial charge in [0, 0.05) is 22.8 Å². The Bertz CT molecular complexity index is 1000. The minimum atomic E-state index is -0.417. The first kappa shape index (κ1) is 21.0. The van der Waals surface area contributed by atoms with Crippen LogP contribution in [-0.2, 0) is 16.0 Å². The summed E-state index contributed by atoms with van der Waals surface area (Å²) in [6.07, 6.45) is 4.13. The molecule has 3 heterocycles. The molecule has 0 aliphatic carbocycles. The van der Waals surface area contributed by atoms with Crippen molar-refractivity contribution in [1.29, 1.82) is 0 Å². The zero-order chi connectivity index (χ0) is 20.8. The number of thiophene rings is 1.